The van der Waals surface area contributed by atoms with Gasteiger partial charge in [-0.2, -0.15) is 0 Å². The van der Waals surface area contributed by atoms with Crippen LogP contribution in [0, 0.1) is 13.8 Å². The van der Waals surface area contributed by atoms with Crippen LogP contribution in [0.2, 0.25) is 0 Å². The first-order valence-electron chi connectivity index (χ1n) is 8.90. The molecule has 0 aliphatic rings. The minimum atomic E-state index is 0.00125. The molecule has 132 valence electrons. The van der Waals surface area contributed by atoms with E-state index in [4.69, 9.17) is 0 Å². The number of carbonyl (C=O) groups is 1. The fraction of sp³-hybridized carbons (Fsp3) is 0.400. The summed E-state index contributed by atoms with van der Waals surface area (Å²) in [6, 6.07) is 4.36. The molecular formula is C20H26N4O. The predicted molar refractivity (Wildman–Crippen MR) is 101 cm³/mol. The molecule has 1 aromatic carbocycles. The molecule has 0 aliphatic heterocycles. The van der Waals surface area contributed by atoms with Gasteiger partial charge in [-0.25, -0.2) is 4.98 Å². The zero-order valence-corrected chi connectivity index (χ0v) is 15.4. The van der Waals surface area contributed by atoms with Gasteiger partial charge in [0.1, 0.15) is 12.4 Å². The maximum Gasteiger partial charge on any atom is 0.240 e. The Morgan fingerprint density at radius 1 is 1.24 bits per heavy atom. The van der Waals surface area contributed by atoms with E-state index in [2.05, 4.69) is 48.2 Å². The Morgan fingerprint density at radius 2 is 2.04 bits per heavy atom. The highest BCUT2D eigenvalue weighted by Gasteiger charge is 2.12. The fourth-order valence-electron chi connectivity index (χ4n) is 3.41. The molecule has 2 N–H and O–H groups in total. The Labute approximate surface area is 148 Å². The van der Waals surface area contributed by atoms with Crippen LogP contribution in [0.15, 0.2) is 24.5 Å². The number of hydrogen-bond donors (Lipinski definition) is 2. The van der Waals surface area contributed by atoms with Crippen LogP contribution in [0.5, 0.6) is 0 Å². The van der Waals surface area contributed by atoms with Crippen molar-refractivity contribution in [2.24, 2.45) is 0 Å². The quantitative estimate of drug-likeness (QED) is 0.723. The number of H-pyrrole nitrogens is 1. The predicted octanol–water partition coefficient (Wildman–Crippen LogP) is 3.42. The topological polar surface area (TPSA) is 62.7 Å². The number of amides is 1. The number of nitrogens with zero attached hydrogens (tertiary/aromatic N) is 2. The van der Waals surface area contributed by atoms with Crippen molar-refractivity contribution in [1.82, 2.24) is 19.9 Å². The second-order valence-electron chi connectivity index (χ2n) is 6.53. The van der Waals surface area contributed by atoms with E-state index in [1.165, 1.54) is 22.2 Å². The Kier molecular flexibility index (Phi) is 4.93. The van der Waals surface area contributed by atoms with Crippen molar-refractivity contribution in [2.45, 2.75) is 53.6 Å². The Morgan fingerprint density at radius 3 is 2.76 bits per heavy atom. The highest BCUT2D eigenvalue weighted by molar-refractivity contribution is 5.88. The van der Waals surface area contributed by atoms with Crippen molar-refractivity contribution in [2.75, 3.05) is 0 Å². The molecule has 0 saturated heterocycles. The van der Waals surface area contributed by atoms with Crippen molar-refractivity contribution >= 4 is 16.8 Å². The first-order valence-corrected chi connectivity index (χ1v) is 8.90. The van der Waals surface area contributed by atoms with Crippen LogP contribution < -0.4 is 5.32 Å². The first-order chi connectivity index (χ1) is 12.0. The van der Waals surface area contributed by atoms with Crippen LogP contribution in [0.25, 0.3) is 10.9 Å². The number of aromatic nitrogens is 3. The molecule has 1 amide bonds. The molecule has 3 rings (SSSR count). The van der Waals surface area contributed by atoms with Gasteiger partial charge in [0.15, 0.2) is 0 Å². The Hall–Kier alpha value is -2.56. The summed E-state index contributed by atoms with van der Waals surface area (Å²) in [5.74, 6) is 0.932. The lowest BCUT2D eigenvalue weighted by Gasteiger charge is -2.10. The van der Waals surface area contributed by atoms with Gasteiger partial charge in [-0.1, -0.05) is 25.5 Å². The lowest BCUT2D eigenvalue weighted by Crippen LogP contribution is -2.27. The third-order valence-corrected chi connectivity index (χ3v) is 4.76. The zero-order valence-electron chi connectivity index (χ0n) is 15.4. The molecule has 0 atom stereocenters. The molecular weight excluding hydrogens is 312 g/mol. The Balaban J connectivity index is 1.77. The minimum absolute atomic E-state index is 0.00125. The number of nitrogens with one attached hydrogen (secondary N) is 2. The van der Waals surface area contributed by atoms with Crippen LogP contribution in [-0.4, -0.2) is 20.4 Å². The van der Waals surface area contributed by atoms with Gasteiger partial charge in [0, 0.05) is 36.4 Å². The number of benzene rings is 1. The summed E-state index contributed by atoms with van der Waals surface area (Å²) in [7, 11) is 0. The molecule has 2 heterocycles. The van der Waals surface area contributed by atoms with Gasteiger partial charge < -0.3 is 14.9 Å². The standard InChI is InChI=1S/C20H26N4O/c1-5-17-14(4)16-10-13(3)9-15(20(16)23-17)11-22-19(25)12-24-8-7-21-18(24)6-2/h7-10,23H,5-6,11-12H2,1-4H3,(H,22,25). The summed E-state index contributed by atoms with van der Waals surface area (Å²) >= 11 is 0. The van der Waals surface area contributed by atoms with Gasteiger partial charge in [0.25, 0.3) is 0 Å². The summed E-state index contributed by atoms with van der Waals surface area (Å²) in [4.78, 5) is 20.1. The minimum Gasteiger partial charge on any atom is -0.358 e. The van der Waals surface area contributed by atoms with E-state index in [0.29, 0.717) is 13.1 Å². The van der Waals surface area contributed by atoms with Crippen molar-refractivity contribution in [3.8, 4) is 0 Å². The smallest absolute Gasteiger partial charge is 0.240 e. The molecule has 2 aromatic heterocycles. The van der Waals surface area contributed by atoms with Crippen LogP contribution >= 0.6 is 0 Å². The molecule has 3 aromatic rings. The van der Waals surface area contributed by atoms with E-state index < -0.39 is 0 Å². The molecule has 0 saturated carbocycles. The number of aromatic amines is 1. The van der Waals surface area contributed by atoms with Gasteiger partial charge in [-0.15, -0.1) is 0 Å². The van der Waals surface area contributed by atoms with E-state index in [1.54, 1.807) is 6.20 Å². The summed E-state index contributed by atoms with van der Waals surface area (Å²) in [5.41, 5.74) is 6.05. The maximum absolute atomic E-state index is 12.3. The highest BCUT2D eigenvalue weighted by Crippen LogP contribution is 2.26. The SMILES string of the molecule is CCc1[nH]c2c(CNC(=O)Cn3ccnc3CC)cc(C)cc2c1C. The van der Waals surface area contributed by atoms with Crippen molar-refractivity contribution in [1.29, 1.82) is 0 Å². The molecule has 0 radical (unpaired) electrons. The van der Waals surface area contributed by atoms with Crippen LogP contribution in [0.4, 0.5) is 0 Å². The summed E-state index contributed by atoms with van der Waals surface area (Å²) in [5, 5.41) is 4.30. The number of aryl methyl sites for hydroxylation is 4. The molecule has 0 aliphatic carbocycles. The second kappa shape index (κ2) is 7.13. The molecule has 0 bridgehead atoms. The van der Waals surface area contributed by atoms with Gasteiger partial charge in [-0.3, -0.25) is 4.79 Å². The maximum atomic E-state index is 12.3. The summed E-state index contributed by atoms with van der Waals surface area (Å²) in [6.07, 6.45) is 5.39. The molecule has 5 nitrogen and oxygen atoms in total. The van der Waals surface area contributed by atoms with Gasteiger partial charge in [-0.05, 0) is 37.5 Å². The molecule has 0 fully saturated rings. The number of carbonyl (C=O) groups excluding carboxylic acids is 1. The normalized spacial score (nSPS) is 11.2. The third-order valence-electron chi connectivity index (χ3n) is 4.76. The van der Waals surface area contributed by atoms with E-state index in [0.717, 1.165) is 29.7 Å². The number of rotatable bonds is 6. The number of fused-ring (bicyclic) bond motifs is 1. The monoisotopic (exact) mass is 338 g/mol. The fourth-order valence-corrected chi connectivity index (χ4v) is 3.41. The van der Waals surface area contributed by atoms with Crippen LogP contribution in [-0.2, 0) is 30.7 Å². The Bertz CT molecular complexity index is 904. The third kappa shape index (κ3) is 3.45. The average molecular weight is 338 g/mol. The zero-order chi connectivity index (χ0) is 18.0. The summed E-state index contributed by atoms with van der Waals surface area (Å²) < 4.78 is 1.90. The molecule has 5 heteroatoms. The summed E-state index contributed by atoms with van der Waals surface area (Å²) in [6.45, 7) is 9.28. The van der Waals surface area contributed by atoms with Crippen molar-refractivity contribution < 1.29 is 4.79 Å². The van der Waals surface area contributed by atoms with Crippen LogP contribution in [0.3, 0.4) is 0 Å². The van der Waals surface area contributed by atoms with Crippen molar-refractivity contribution in [3.63, 3.8) is 0 Å². The number of imidazole rings is 1. The number of hydrogen-bond acceptors (Lipinski definition) is 2. The lowest BCUT2D eigenvalue weighted by atomic mass is 10.0. The largest absolute Gasteiger partial charge is 0.358 e. The first kappa shape index (κ1) is 17.3. The average Bonchev–Trinajstić information content (AvgIpc) is 3.17. The van der Waals surface area contributed by atoms with E-state index >= 15 is 0 Å². The highest BCUT2D eigenvalue weighted by atomic mass is 16.1. The molecule has 0 unspecified atom stereocenters. The second-order valence-corrected chi connectivity index (χ2v) is 6.53. The van der Waals surface area contributed by atoms with Gasteiger partial charge in [0.2, 0.25) is 5.91 Å². The van der Waals surface area contributed by atoms with Crippen LogP contribution in [0.1, 0.15) is 42.1 Å². The van der Waals surface area contributed by atoms with E-state index in [-0.39, 0.29) is 5.91 Å². The lowest BCUT2D eigenvalue weighted by molar-refractivity contribution is -0.121. The molecule has 25 heavy (non-hydrogen) atoms. The van der Waals surface area contributed by atoms with Gasteiger partial charge in [0.05, 0.1) is 5.52 Å². The van der Waals surface area contributed by atoms with Gasteiger partial charge >= 0.3 is 0 Å². The van der Waals surface area contributed by atoms with Crippen molar-refractivity contribution in [3.05, 3.63) is 52.7 Å². The van der Waals surface area contributed by atoms with E-state index in [1.807, 2.05) is 17.7 Å². The molecule has 0 spiro atoms. The van der Waals surface area contributed by atoms with E-state index in [9.17, 15) is 4.79 Å².